The summed E-state index contributed by atoms with van der Waals surface area (Å²) in [6, 6.07) is 0. The van der Waals surface area contributed by atoms with E-state index in [0.29, 0.717) is 12.4 Å². The lowest BCUT2D eigenvalue weighted by atomic mass is 10.5. The van der Waals surface area contributed by atoms with E-state index in [4.69, 9.17) is 0 Å². The molecule has 0 amide bonds. The van der Waals surface area contributed by atoms with Crippen LogP contribution in [-0.4, -0.2) is 28.4 Å². The molecule has 11 heavy (non-hydrogen) atoms. The summed E-state index contributed by atoms with van der Waals surface area (Å²) in [6.45, 7) is 0.673. The van der Waals surface area contributed by atoms with Crippen LogP contribution in [0.5, 0.6) is 0 Å². The van der Waals surface area contributed by atoms with Crippen LogP contribution in [0.2, 0.25) is 0 Å². The van der Waals surface area contributed by atoms with Gasteiger partial charge in [0.05, 0.1) is 6.54 Å². The molecule has 4 heteroatoms. The minimum Gasteiger partial charge on any atom is -0.309 e. The van der Waals surface area contributed by atoms with E-state index >= 15 is 0 Å². The molecule has 1 heterocycles. The lowest BCUT2D eigenvalue weighted by molar-refractivity contribution is 0.754. The van der Waals surface area contributed by atoms with E-state index < -0.39 is 0 Å². The molecule has 1 N–H and O–H groups in total. The van der Waals surface area contributed by atoms with Gasteiger partial charge < -0.3 is 5.32 Å². The van der Waals surface area contributed by atoms with Crippen LogP contribution < -0.4 is 5.32 Å². The largest absolute Gasteiger partial charge is 0.309 e. The van der Waals surface area contributed by atoms with Crippen molar-refractivity contribution < 1.29 is 0 Å². The van der Waals surface area contributed by atoms with Crippen LogP contribution in [0.1, 0.15) is 5.82 Å². The van der Waals surface area contributed by atoms with Crippen molar-refractivity contribution in [3.05, 3.63) is 12.2 Å². The molecule has 0 aliphatic heterocycles. The molecular weight excluding hydrogens is 140 g/mol. The van der Waals surface area contributed by atoms with Gasteiger partial charge in [-0.15, -0.1) is 0 Å². The van der Waals surface area contributed by atoms with Gasteiger partial charge in [0.25, 0.3) is 0 Å². The fraction of sp³-hybridized carbons (Fsp3) is 0.429. The number of hydrogen-bond donors (Lipinski definition) is 1. The van der Waals surface area contributed by atoms with Gasteiger partial charge in [-0.2, -0.15) is 5.10 Å². The molecule has 58 valence electrons. The number of rotatable bonds is 1. The maximum atomic E-state index is 3.94. The van der Waals surface area contributed by atoms with E-state index in [1.165, 1.54) is 6.33 Å². The van der Waals surface area contributed by atoms with Crippen molar-refractivity contribution in [3.8, 4) is 11.8 Å². The summed E-state index contributed by atoms with van der Waals surface area (Å²) in [5, 5.41) is 6.80. The molecule has 0 radical (unpaired) electrons. The van der Waals surface area contributed by atoms with Crippen LogP contribution in [0.4, 0.5) is 0 Å². The van der Waals surface area contributed by atoms with E-state index in [1.54, 1.807) is 4.68 Å². The Bertz CT molecular complexity index is 278. The van der Waals surface area contributed by atoms with Crippen LogP contribution in [0, 0.1) is 11.8 Å². The maximum absolute atomic E-state index is 3.94. The second-order valence-corrected chi connectivity index (χ2v) is 2.04. The third-order valence-electron chi connectivity index (χ3n) is 1.18. The van der Waals surface area contributed by atoms with E-state index in [1.807, 2.05) is 14.1 Å². The van der Waals surface area contributed by atoms with Gasteiger partial charge in [0.1, 0.15) is 6.33 Å². The van der Waals surface area contributed by atoms with Gasteiger partial charge in [-0.25, -0.2) is 9.67 Å². The van der Waals surface area contributed by atoms with Gasteiger partial charge in [0.15, 0.2) is 0 Å². The quantitative estimate of drug-likeness (QED) is 0.543. The summed E-state index contributed by atoms with van der Waals surface area (Å²) in [4.78, 5) is 3.94. The van der Waals surface area contributed by atoms with Gasteiger partial charge in [-0.05, 0) is 13.0 Å². The van der Waals surface area contributed by atoms with Crippen molar-refractivity contribution in [2.45, 2.75) is 0 Å². The molecule has 0 aliphatic rings. The third kappa shape index (κ3) is 2.06. The zero-order valence-electron chi connectivity index (χ0n) is 6.63. The zero-order chi connectivity index (χ0) is 8.10. The molecule has 0 saturated heterocycles. The molecule has 0 spiro atoms. The van der Waals surface area contributed by atoms with Crippen LogP contribution in [0.15, 0.2) is 6.33 Å². The maximum Gasteiger partial charge on any atom is 0.203 e. The minimum absolute atomic E-state index is 0.673. The highest BCUT2D eigenvalue weighted by atomic mass is 15.3. The number of aromatic nitrogens is 3. The first-order valence-corrected chi connectivity index (χ1v) is 3.32. The second-order valence-electron chi connectivity index (χ2n) is 2.04. The number of hydrogen-bond acceptors (Lipinski definition) is 3. The Hall–Kier alpha value is -1.34. The van der Waals surface area contributed by atoms with Crippen LogP contribution >= 0.6 is 0 Å². The normalized spacial score (nSPS) is 8.91. The summed E-state index contributed by atoms with van der Waals surface area (Å²) >= 11 is 0. The monoisotopic (exact) mass is 150 g/mol. The highest BCUT2D eigenvalue weighted by Gasteiger charge is 1.91. The molecule has 1 rings (SSSR count). The molecule has 0 bridgehead atoms. The molecule has 0 aromatic carbocycles. The molecule has 1 aromatic heterocycles. The predicted octanol–water partition coefficient (Wildman–Crippen LogP) is -0.614. The van der Waals surface area contributed by atoms with Gasteiger partial charge in [0, 0.05) is 7.05 Å². The van der Waals surface area contributed by atoms with Gasteiger partial charge in [-0.1, -0.05) is 5.92 Å². The Morgan fingerprint density at radius 3 is 3.09 bits per heavy atom. The van der Waals surface area contributed by atoms with Gasteiger partial charge in [-0.3, -0.25) is 0 Å². The van der Waals surface area contributed by atoms with Crippen LogP contribution in [0.25, 0.3) is 0 Å². The fourth-order valence-corrected chi connectivity index (χ4v) is 0.621. The Balaban J connectivity index is 2.65. The minimum atomic E-state index is 0.673. The summed E-state index contributed by atoms with van der Waals surface area (Å²) < 4.78 is 1.64. The number of nitrogens with zero attached hydrogens (tertiary/aromatic N) is 3. The molecule has 4 nitrogen and oxygen atoms in total. The highest BCUT2D eigenvalue weighted by molar-refractivity contribution is 5.19. The van der Waals surface area contributed by atoms with Crippen molar-refractivity contribution in [2.24, 2.45) is 7.05 Å². The average molecular weight is 150 g/mol. The molecule has 0 saturated carbocycles. The molecule has 0 atom stereocenters. The van der Waals surface area contributed by atoms with Gasteiger partial charge >= 0.3 is 0 Å². The summed E-state index contributed by atoms with van der Waals surface area (Å²) in [6.07, 6.45) is 1.49. The number of nitrogens with one attached hydrogen (secondary N) is 1. The smallest absolute Gasteiger partial charge is 0.203 e. The Kier molecular flexibility index (Phi) is 2.64. The van der Waals surface area contributed by atoms with Crippen molar-refractivity contribution in [1.82, 2.24) is 20.1 Å². The van der Waals surface area contributed by atoms with Crippen molar-refractivity contribution >= 4 is 0 Å². The summed E-state index contributed by atoms with van der Waals surface area (Å²) in [5.74, 6) is 6.46. The third-order valence-corrected chi connectivity index (χ3v) is 1.18. The first kappa shape index (κ1) is 7.76. The number of aryl methyl sites for hydroxylation is 1. The fourth-order valence-electron chi connectivity index (χ4n) is 0.621. The SMILES string of the molecule is CNCC#Cc1ncnn1C. The molecule has 1 aromatic rings. The first-order chi connectivity index (χ1) is 5.34. The molecule has 0 fully saturated rings. The highest BCUT2D eigenvalue weighted by Crippen LogP contribution is 1.84. The Labute approximate surface area is 65.6 Å². The summed E-state index contributed by atoms with van der Waals surface area (Å²) in [5.41, 5.74) is 0. The standard InChI is InChI=1S/C7H10N4/c1-8-5-3-4-7-9-6-10-11(7)2/h6,8H,5H2,1-2H3. The molecular formula is C7H10N4. The van der Waals surface area contributed by atoms with E-state index in [-0.39, 0.29) is 0 Å². The Morgan fingerprint density at radius 2 is 2.55 bits per heavy atom. The van der Waals surface area contributed by atoms with E-state index in [9.17, 15) is 0 Å². The van der Waals surface area contributed by atoms with Crippen molar-refractivity contribution in [1.29, 1.82) is 0 Å². The van der Waals surface area contributed by atoms with Gasteiger partial charge in [0.2, 0.25) is 5.82 Å². The van der Waals surface area contributed by atoms with E-state index in [2.05, 4.69) is 27.2 Å². The topological polar surface area (TPSA) is 42.7 Å². The average Bonchev–Trinajstić information content (AvgIpc) is 2.37. The lowest BCUT2D eigenvalue weighted by Crippen LogP contribution is -2.04. The molecule has 0 unspecified atom stereocenters. The molecule has 0 aliphatic carbocycles. The van der Waals surface area contributed by atoms with E-state index in [0.717, 1.165) is 0 Å². The first-order valence-electron chi connectivity index (χ1n) is 3.32. The zero-order valence-corrected chi connectivity index (χ0v) is 6.63. The van der Waals surface area contributed by atoms with Crippen LogP contribution in [-0.2, 0) is 7.05 Å². The van der Waals surface area contributed by atoms with Crippen LogP contribution in [0.3, 0.4) is 0 Å². The second kappa shape index (κ2) is 3.74. The Morgan fingerprint density at radius 1 is 1.73 bits per heavy atom. The van der Waals surface area contributed by atoms with Crippen molar-refractivity contribution in [3.63, 3.8) is 0 Å². The van der Waals surface area contributed by atoms with Crippen molar-refractivity contribution in [2.75, 3.05) is 13.6 Å². The predicted molar refractivity (Wildman–Crippen MR) is 41.8 cm³/mol. The summed E-state index contributed by atoms with van der Waals surface area (Å²) in [7, 11) is 3.67. The lowest BCUT2D eigenvalue weighted by Gasteiger charge is -1.87.